The highest BCUT2D eigenvalue weighted by atomic mass is 15.0. The van der Waals surface area contributed by atoms with Gasteiger partial charge in [-0.05, 0) is 80.3 Å². The maximum Gasteiger partial charge on any atom is 0.138 e. The van der Waals surface area contributed by atoms with Gasteiger partial charge in [0.05, 0.1) is 22.8 Å². The average molecular weight is 550 g/mol. The lowest BCUT2D eigenvalue weighted by molar-refractivity contribution is 1.19. The predicted molar refractivity (Wildman–Crippen MR) is 174 cm³/mol. The number of aromatic nitrogens is 5. The molecule has 9 rings (SSSR count). The molecule has 5 heterocycles. The van der Waals surface area contributed by atoms with Crippen LogP contribution in [-0.2, 0) is 0 Å². The van der Waals surface area contributed by atoms with Crippen molar-refractivity contribution in [1.29, 1.82) is 0 Å². The second kappa shape index (κ2) is 9.29. The Labute approximate surface area is 247 Å². The highest BCUT2D eigenvalue weighted by Crippen LogP contribution is 2.44. The van der Waals surface area contributed by atoms with Gasteiger partial charge < -0.3 is 0 Å². The standard InChI is InChI=1S/C38H23N5/c1-4-20-39-31(7-1)32-19-14-26(23-41-32)27-15-10-24-12-17-29-30(18-13-25-11-16-28(27)35(24)36(25)29)38-37(33-8-2-5-21-40-33)42-34-9-3-6-22-43(34)38/h1-23H. The largest absolute Gasteiger partial charge is 0.299 e. The van der Waals surface area contributed by atoms with E-state index in [1.54, 1.807) is 6.20 Å². The molecule has 0 amide bonds. The van der Waals surface area contributed by atoms with Crippen LogP contribution in [0.1, 0.15) is 0 Å². The second-order valence-corrected chi connectivity index (χ2v) is 10.7. The Morgan fingerprint density at radius 3 is 1.84 bits per heavy atom. The van der Waals surface area contributed by atoms with Gasteiger partial charge in [0.25, 0.3) is 0 Å². The first-order valence-corrected chi connectivity index (χ1v) is 14.3. The van der Waals surface area contributed by atoms with Crippen molar-refractivity contribution in [2.24, 2.45) is 0 Å². The molecule has 0 bridgehead atoms. The van der Waals surface area contributed by atoms with E-state index in [1.807, 2.05) is 60.9 Å². The molecule has 5 heteroatoms. The Bertz CT molecular complexity index is 2430. The molecule has 4 aromatic carbocycles. The van der Waals surface area contributed by atoms with Crippen LogP contribution in [0.25, 0.3) is 83.1 Å². The number of fused-ring (bicyclic) bond motifs is 1. The van der Waals surface area contributed by atoms with Gasteiger partial charge in [0.15, 0.2) is 0 Å². The third-order valence-corrected chi connectivity index (χ3v) is 8.36. The van der Waals surface area contributed by atoms with Crippen molar-refractivity contribution in [2.45, 2.75) is 0 Å². The molecule has 0 aliphatic carbocycles. The Hall–Kier alpha value is -5.94. The van der Waals surface area contributed by atoms with E-state index in [0.29, 0.717) is 0 Å². The average Bonchev–Trinajstić information content (AvgIpc) is 3.47. The first-order valence-electron chi connectivity index (χ1n) is 14.3. The van der Waals surface area contributed by atoms with Crippen molar-refractivity contribution < 1.29 is 0 Å². The van der Waals surface area contributed by atoms with Crippen LogP contribution >= 0.6 is 0 Å². The monoisotopic (exact) mass is 549 g/mol. The molecule has 0 saturated carbocycles. The number of imidazole rings is 1. The summed E-state index contributed by atoms with van der Waals surface area (Å²) in [4.78, 5) is 18.9. The SMILES string of the molecule is c1ccc(-c2ccc(-c3ccc4ccc5c(-c6c(-c7ccccn7)nc7ccccn67)ccc6ccc3c4c65)cn2)nc1. The van der Waals surface area contributed by atoms with E-state index in [1.165, 1.54) is 32.3 Å². The maximum atomic E-state index is 5.04. The van der Waals surface area contributed by atoms with E-state index in [9.17, 15) is 0 Å². The zero-order valence-electron chi connectivity index (χ0n) is 23.0. The van der Waals surface area contributed by atoms with Gasteiger partial charge in [-0.15, -0.1) is 0 Å². The summed E-state index contributed by atoms with van der Waals surface area (Å²) in [7, 11) is 0. The molecule has 0 atom stereocenters. The van der Waals surface area contributed by atoms with Crippen LogP contribution in [0.15, 0.2) is 140 Å². The van der Waals surface area contributed by atoms with Gasteiger partial charge in [-0.3, -0.25) is 19.4 Å². The molecule has 43 heavy (non-hydrogen) atoms. The van der Waals surface area contributed by atoms with Crippen LogP contribution in [0.5, 0.6) is 0 Å². The minimum absolute atomic E-state index is 0.857. The van der Waals surface area contributed by atoms with Crippen LogP contribution < -0.4 is 0 Å². The fourth-order valence-corrected chi connectivity index (χ4v) is 6.41. The van der Waals surface area contributed by atoms with E-state index < -0.39 is 0 Å². The summed E-state index contributed by atoms with van der Waals surface area (Å²) in [5.74, 6) is 0. The molecule has 0 fully saturated rings. The van der Waals surface area contributed by atoms with Crippen molar-refractivity contribution in [3.63, 3.8) is 0 Å². The number of benzene rings is 4. The van der Waals surface area contributed by atoms with Gasteiger partial charge in [-0.25, -0.2) is 4.98 Å². The minimum atomic E-state index is 0.857. The van der Waals surface area contributed by atoms with Crippen LogP contribution in [0.2, 0.25) is 0 Å². The summed E-state index contributed by atoms with van der Waals surface area (Å²) in [6, 6.07) is 40.1. The first kappa shape index (κ1) is 23.7. The Morgan fingerprint density at radius 1 is 0.488 bits per heavy atom. The van der Waals surface area contributed by atoms with Crippen molar-refractivity contribution in [2.75, 3.05) is 0 Å². The van der Waals surface area contributed by atoms with E-state index in [2.05, 4.69) is 87.3 Å². The third-order valence-electron chi connectivity index (χ3n) is 8.36. The van der Waals surface area contributed by atoms with E-state index in [0.717, 1.165) is 50.8 Å². The Morgan fingerprint density at radius 2 is 1.14 bits per heavy atom. The summed E-state index contributed by atoms with van der Waals surface area (Å²) in [6.45, 7) is 0. The number of nitrogens with zero attached hydrogens (tertiary/aromatic N) is 5. The summed E-state index contributed by atoms with van der Waals surface area (Å²) in [5.41, 5.74) is 8.78. The molecule has 0 spiro atoms. The number of hydrogen-bond acceptors (Lipinski definition) is 4. The Balaban J connectivity index is 1.29. The fourth-order valence-electron chi connectivity index (χ4n) is 6.41. The van der Waals surface area contributed by atoms with Gasteiger partial charge in [0.2, 0.25) is 0 Å². The number of pyridine rings is 4. The summed E-state index contributed by atoms with van der Waals surface area (Å²) < 4.78 is 2.18. The predicted octanol–water partition coefficient (Wildman–Crippen LogP) is 9.08. The molecule has 0 unspecified atom stereocenters. The molecule has 0 N–H and O–H groups in total. The molecule has 0 aliphatic heterocycles. The van der Waals surface area contributed by atoms with Gasteiger partial charge in [-0.1, -0.05) is 72.8 Å². The lowest BCUT2D eigenvalue weighted by Gasteiger charge is -2.17. The molecule has 200 valence electrons. The van der Waals surface area contributed by atoms with Gasteiger partial charge in [-0.2, -0.15) is 0 Å². The zero-order chi connectivity index (χ0) is 28.3. The van der Waals surface area contributed by atoms with Crippen molar-refractivity contribution >= 4 is 38.0 Å². The van der Waals surface area contributed by atoms with E-state index in [-0.39, 0.29) is 0 Å². The second-order valence-electron chi connectivity index (χ2n) is 10.7. The quantitative estimate of drug-likeness (QED) is 0.206. The fraction of sp³-hybridized carbons (Fsp3) is 0. The van der Waals surface area contributed by atoms with Crippen LogP contribution in [-0.4, -0.2) is 24.3 Å². The summed E-state index contributed by atoms with van der Waals surface area (Å²) >= 11 is 0. The molecule has 9 aromatic rings. The molecule has 5 nitrogen and oxygen atoms in total. The molecule has 5 aromatic heterocycles. The molecule has 0 saturated heterocycles. The topological polar surface area (TPSA) is 56.0 Å². The number of rotatable bonds is 4. The van der Waals surface area contributed by atoms with Crippen LogP contribution in [0.4, 0.5) is 0 Å². The van der Waals surface area contributed by atoms with Gasteiger partial charge in [0, 0.05) is 35.9 Å². The van der Waals surface area contributed by atoms with Crippen molar-refractivity contribution in [3.8, 4) is 45.2 Å². The number of hydrogen-bond donors (Lipinski definition) is 0. The lowest BCUT2D eigenvalue weighted by Crippen LogP contribution is -1.94. The van der Waals surface area contributed by atoms with Crippen LogP contribution in [0.3, 0.4) is 0 Å². The summed E-state index contributed by atoms with van der Waals surface area (Å²) in [5, 5.41) is 7.35. The zero-order valence-corrected chi connectivity index (χ0v) is 23.0. The highest BCUT2D eigenvalue weighted by molar-refractivity contribution is 6.27. The molecular formula is C38H23N5. The van der Waals surface area contributed by atoms with Gasteiger partial charge >= 0.3 is 0 Å². The smallest absolute Gasteiger partial charge is 0.138 e. The van der Waals surface area contributed by atoms with E-state index >= 15 is 0 Å². The first-order chi connectivity index (χ1) is 21.3. The van der Waals surface area contributed by atoms with Crippen molar-refractivity contribution in [3.05, 3.63) is 140 Å². The lowest BCUT2D eigenvalue weighted by atomic mass is 9.88. The van der Waals surface area contributed by atoms with Gasteiger partial charge in [0.1, 0.15) is 11.3 Å². The van der Waals surface area contributed by atoms with Crippen LogP contribution in [0, 0.1) is 0 Å². The van der Waals surface area contributed by atoms with Crippen molar-refractivity contribution in [1.82, 2.24) is 24.3 Å². The highest BCUT2D eigenvalue weighted by Gasteiger charge is 2.21. The molecule has 0 aliphatic rings. The third kappa shape index (κ3) is 3.65. The summed E-state index contributed by atoms with van der Waals surface area (Å²) in [6.07, 6.45) is 7.67. The molecular weight excluding hydrogens is 526 g/mol. The van der Waals surface area contributed by atoms with E-state index in [4.69, 9.17) is 9.97 Å². The molecule has 0 radical (unpaired) electrons. The maximum absolute atomic E-state index is 5.04. The Kier molecular flexibility index (Phi) is 5.13. The minimum Gasteiger partial charge on any atom is -0.299 e. The normalized spacial score (nSPS) is 11.7.